The Labute approximate surface area is 86.5 Å². The average molecular weight is 209 g/mol. The van der Waals surface area contributed by atoms with Crippen LogP contribution in [-0.4, -0.2) is 28.4 Å². The fourth-order valence-electron chi connectivity index (χ4n) is 1.04. The van der Waals surface area contributed by atoms with Gasteiger partial charge in [0.15, 0.2) is 6.10 Å². The highest BCUT2D eigenvalue weighted by Crippen LogP contribution is 2.23. The molecular formula is C9H11N3O3. The van der Waals surface area contributed by atoms with Crippen molar-refractivity contribution in [3.8, 4) is 11.9 Å². The molecule has 0 spiro atoms. The van der Waals surface area contributed by atoms with Crippen LogP contribution >= 0.6 is 0 Å². The third kappa shape index (κ3) is 2.34. The molecule has 0 aliphatic carbocycles. The monoisotopic (exact) mass is 209 g/mol. The summed E-state index contributed by atoms with van der Waals surface area (Å²) in [5, 5.41) is 27.1. The highest BCUT2D eigenvalue weighted by atomic mass is 16.5. The largest absolute Gasteiger partial charge is 0.481 e. The Morgan fingerprint density at radius 3 is 2.73 bits per heavy atom. The van der Waals surface area contributed by atoms with E-state index in [4.69, 9.17) is 20.8 Å². The summed E-state index contributed by atoms with van der Waals surface area (Å²) in [6.45, 7) is 0. The number of hydrogen-bond donors (Lipinski definition) is 3. The molecule has 0 saturated heterocycles. The molecule has 6 heteroatoms. The van der Waals surface area contributed by atoms with Crippen LogP contribution in [0.1, 0.15) is 11.8 Å². The molecule has 2 unspecified atom stereocenters. The van der Waals surface area contributed by atoms with Crippen LogP contribution < -0.4 is 10.5 Å². The minimum atomic E-state index is -1.56. The van der Waals surface area contributed by atoms with Gasteiger partial charge < -0.3 is 20.7 Å². The number of methoxy groups -OCH3 is 1. The normalized spacial score (nSPS) is 14.0. The van der Waals surface area contributed by atoms with Crippen molar-refractivity contribution in [2.45, 2.75) is 12.2 Å². The van der Waals surface area contributed by atoms with E-state index in [0.717, 1.165) is 0 Å². The lowest BCUT2D eigenvalue weighted by atomic mass is 10.1. The van der Waals surface area contributed by atoms with E-state index >= 15 is 0 Å². The van der Waals surface area contributed by atoms with Crippen molar-refractivity contribution < 1.29 is 14.9 Å². The fourth-order valence-corrected chi connectivity index (χ4v) is 1.04. The third-order valence-corrected chi connectivity index (χ3v) is 1.85. The molecule has 0 bridgehead atoms. The predicted octanol–water partition coefficient (Wildman–Crippen LogP) is -0.410. The Morgan fingerprint density at radius 2 is 2.20 bits per heavy atom. The summed E-state index contributed by atoms with van der Waals surface area (Å²) >= 11 is 0. The zero-order valence-electron chi connectivity index (χ0n) is 8.08. The van der Waals surface area contributed by atoms with Gasteiger partial charge in [-0.1, -0.05) is 0 Å². The highest BCUT2D eigenvalue weighted by molar-refractivity contribution is 5.46. The number of nitriles is 1. The molecule has 1 heterocycles. The SMILES string of the molecule is COc1ccc(N)c(C(O)C(O)C#N)n1. The number of aliphatic hydroxyl groups excluding tert-OH is 2. The van der Waals surface area contributed by atoms with Gasteiger partial charge in [0.05, 0.1) is 24.6 Å². The van der Waals surface area contributed by atoms with Crippen molar-refractivity contribution in [3.05, 3.63) is 17.8 Å². The van der Waals surface area contributed by atoms with Crippen molar-refractivity contribution in [2.24, 2.45) is 0 Å². The van der Waals surface area contributed by atoms with Crippen molar-refractivity contribution in [1.82, 2.24) is 4.98 Å². The zero-order valence-corrected chi connectivity index (χ0v) is 8.08. The van der Waals surface area contributed by atoms with Crippen LogP contribution in [0.3, 0.4) is 0 Å². The number of pyridine rings is 1. The molecule has 0 aliphatic heterocycles. The predicted molar refractivity (Wildman–Crippen MR) is 51.8 cm³/mol. The molecule has 0 aliphatic rings. The Kier molecular flexibility index (Phi) is 3.44. The molecule has 4 N–H and O–H groups in total. The summed E-state index contributed by atoms with van der Waals surface area (Å²) in [6.07, 6.45) is -3.00. The maximum absolute atomic E-state index is 9.52. The second kappa shape index (κ2) is 4.59. The highest BCUT2D eigenvalue weighted by Gasteiger charge is 2.22. The van der Waals surface area contributed by atoms with E-state index < -0.39 is 12.2 Å². The Morgan fingerprint density at radius 1 is 1.53 bits per heavy atom. The van der Waals surface area contributed by atoms with E-state index in [1.807, 2.05) is 0 Å². The van der Waals surface area contributed by atoms with Crippen LogP contribution in [-0.2, 0) is 0 Å². The topological polar surface area (TPSA) is 112 Å². The number of ether oxygens (including phenoxy) is 1. The minimum absolute atomic E-state index is 0.0309. The summed E-state index contributed by atoms with van der Waals surface area (Å²) in [5.74, 6) is 0.253. The average Bonchev–Trinajstić information content (AvgIpc) is 2.27. The minimum Gasteiger partial charge on any atom is -0.481 e. The molecule has 0 amide bonds. The standard InChI is InChI=1S/C9H11N3O3/c1-15-7-3-2-5(11)8(12-7)9(14)6(13)4-10/h2-3,6,9,13-14H,11H2,1H3. The van der Waals surface area contributed by atoms with Gasteiger partial charge in [-0.05, 0) is 6.07 Å². The fraction of sp³-hybridized carbons (Fsp3) is 0.333. The molecule has 15 heavy (non-hydrogen) atoms. The summed E-state index contributed by atoms with van der Waals surface area (Å²) in [5.41, 5.74) is 5.76. The van der Waals surface area contributed by atoms with Crippen LogP contribution in [0.5, 0.6) is 5.88 Å². The number of aromatic nitrogens is 1. The Bertz CT molecular complexity index is 389. The first-order chi connectivity index (χ1) is 7.10. The molecule has 0 aromatic carbocycles. The quantitative estimate of drug-likeness (QED) is 0.583. The van der Waals surface area contributed by atoms with Crippen LogP contribution in [0.4, 0.5) is 5.69 Å². The number of nitrogen functional groups attached to an aromatic ring is 1. The van der Waals surface area contributed by atoms with Gasteiger partial charge in [-0.15, -0.1) is 0 Å². The lowest BCUT2D eigenvalue weighted by molar-refractivity contribution is 0.0500. The third-order valence-electron chi connectivity index (χ3n) is 1.85. The second-order valence-electron chi connectivity index (χ2n) is 2.85. The van der Waals surface area contributed by atoms with Crippen molar-refractivity contribution in [1.29, 1.82) is 5.26 Å². The first-order valence-corrected chi connectivity index (χ1v) is 4.16. The lowest BCUT2D eigenvalue weighted by Crippen LogP contribution is -2.18. The molecule has 1 aromatic rings. The van der Waals surface area contributed by atoms with E-state index in [0.29, 0.717) is 0 Å². The molecule has 0 fully saturated rings. The Balaban J connectivity index is 3.07. The van der Waals surface area contributed by atoms with Crippen molar-refractivity contribution in [3.63, 3.8) is 0 Å². The van der Waals surface area contributed by atoms with Gasteiger partial charge in [-0.3, -0.25) is 0 Å². The van der Waals surface area contributed by atoms with Gasteiger partial charge in [0, 0.05) is 6.07 Å². The van der Waals surface area contributed by atoms with E-state index in [9.17, 15) is 5.11 Å². The number of nitrogens with two attached hydrogens (primary N) is 1. The molecule has 0 saturated carbocycles. The maximum atomic E-state index is 9.52. The van der Waals surface area contributed by atoms with E-state index in [1.165, 1.54) is 25.3 Å². The maximum Gasteiger partial charge on any atom is 0.213 e. The van der Waals surface area contributed by atoms with E-state index in [1.54, 1.807) is 0 Å². The molecule has 1 aromatic heterocycles. The van der Waals surface area contributed by atoms with Crippen LogP contribution in [0.2, 0.25) is 0 Å². The van der Waals surface area contributed by atoms with Gasteiger partial charge in [-0.25, -0.2) is 4.98 Å². The van der Waals surface area contributed by atoms with Gasteiger partial charge in [-0.2, -0.15) is 5.26 Å². The molecular weight excluding hydrogens is 198 g/mol. The van der Waals surface area contributed by atoms with Gasteiger partial charge in [0.2, 0.25) is 5.88 Å². The smallest absolute Gasteiger partial charge is 0.213 e. The summed E-state index contributed by atoms with van der Waals surface area (Å²) in [7, 11) is 1.41. The van der Waals surface area contributed by atoms with Crippen LogP contribution in [0, 0.1) is 11.3 Å². The van der Waals surface area contributed by atoms with E-state index in [-0.39, 0.29) is 17.3 Å². The zero-order chi connectivity index (χ0) is 11.4. The summed E-state index contributed by atoms with van der Waals surface area (Å²) < 4.78 is 4.83. The molecule has 0 radical (unpaired) electrons. The molecule has 1 rings (SSSR count). The van der Waals surface area contributed by atoms with Crippen LogP contribution in [0.15, 0.2) is 12.1 Å². The van der Waals surface area contributed by atoms with Crippen molar-refractivity contribution in [2.75, 3.05) is 12.8 Å². The number of anilines is 1. The number of rotatable bonds is 3. The molecule has 2 atom stereocenters. The van der Waals surface area contributed by atoms with Crippen LogP contribution in [0.25, 0.3) is 0 Å². The van der Waals surface area contributed by atoms with Gasteiger partial charge in [0.1, 0.15) is 6.10 Å². The summed E-state index contributed by atoms with van der Waals surface area (Å²) in [6, 6.07) is 4.50. The van der Waals surface area contributed by atoms with E-state index in [2.05, 4.69) is 4.98 Å². The lowest BCUT2D eigenvalue weighted by Gasteiger charge is -2.13. The first-order valence-electron chi connectivity index (χ1n) is 4.16. The molecule has 6 nitrogen and oxygen atoms in total. The van der Waals surface area contributed by atoms with Gasteiger partial charge in [0.25, 0.3) is 0 Å². The first kappa shape index (κ1) is 11.2. The number of hydrogen-bond acceptors (Lipinski definition) is 6. The number of aliphatic hydroxyl groups is 2. The summed E-state index contributed by atoms with van der Waals surface area (Å²) in [4.78, 5) is 3.85. The van der Waals surface area contributed by atoms with Crippen molar-refractivity contribution >= 4 is 5.69 Å². The second-order valence-corrected chi connectivity index (χ2v) is 2.85. The molecule has 80 valence electrons. The number of nitrogens with zero attached hydrogens (tertiary/aromatic N) is 2. The Hall–Kier alpha value is -1.84. The van der Waals surface area contributed by atoms with Gasteiger partial charge >= 0.3 is 0 Å².